The van der Waals surface area contributed by atoms with Gasteiger partial charge in [0.25, 0.3) is 0 Å². The van der Waals surface area contributed by atoms with Gasteiger partial charge in [-0.1, -0.05) is 0 Å². The first-order valence-electron chi connectivity index (χ1n) is 6.14. The van der Waals surface area contributed by atoms with E-state index in [9.17, 15) is 4.79 Å². The first-order chi connectivity index (χ1) is 8.34. The molecule has 4 nitrogen and oxygen atoms in total. The average Bonchev–Trinajstić information content (AvgIpc) is 2.88. The molecule has 94 valence electrons. The lowest BCUT2D eigenvalue weighted by molar-refractivity contribution is -0.149. The van der Waals surface area contributed by atoms with E-state index in [2.05, 4.69) is 0 Å². The third kappa shape index (κ3) is 4.23. The highest BCUT2D eigenvalue weighted by Gasteiger charge is 2.15. The Balaban J connectivity index is 1.60. The number of carbonyl (C=O) groups excluding carboxylic acids is 1. The van der Waals surface area contributed by atoms with Crippen LogP contribution >= 0.6 is 0 Å². The number of hydrogen-bond acceptors (Lipinski definition) is 4. The van der Waals surface area contributed by atoms with Crippen LogP contribution in [-0.2, 0) is 20.7 Å². The summed E-state index contributed by atoms with van der Waals surface area (Å²) in [6, 6.07) is 3.67. The monoisotopic (exact) mass is 238 g/mol. The highest BCUT2D eigenvalue weighted by Crippen LogP contribution is 2.13. The van der Waals surface area contributed by atoms with Gasteiger partial charge in [0.15, 0.2) is 0 Å². The smallest absolute Gasteiger partial charge is 0.306 e. The molecule has 1 aliphatic rings. The van der Waals surface area contributed by atoms with Crippen molar-refractivity contribution in [2.45, 2.75) is 38.2 Å². The maximum absolute atomic E-state index is 11.5. The highest BCUT2D eigenvalue weighted by molar-refractivity contribution is 5.69. The van der Waals surface area contributed by atoms with Crippen LogP contribution in [-0.4, -0.2) is 25.3 Å². The van der Waals surface area contributed by atoms with E-state index in [1.807, 2.05) is 12.1 Å². The predicted molar refractivity (Wildman–Crippen MR) is 61.6 cm³/mol. The molecular formula is C13H18O4. The summed E-state index contributed by atoms with van der Waals surface area (Å²) >= 11 is 0. The maximum atomic E-state index is 11.5. The molecule has 2 heterocycles. The lowest BCUT2D eigenvalue weighted by atomic mass is 10.1. The van der Waals surface area contributed by atoms with Gasteiger partial charge in [-0.25, -0.2) is 0 Å². The molecule has 0 bridgehead atoms. The largest absolute Gasteiger partial charge is 0.469 e. The molecule has 2 rings (SSSR count). The fraction of sp³-hybridized carbons (Fsp3) is 0.615. The standard InChI is InChI=1S/C13H18O4/c14-13(7-6-11-5-3-9-15-11)17-10-12-4-1-2-8-16-12/h3,5,9,12H,1-2,4,6-8,10H2. The normalized spacial score (nSPS) is 20.1. The van der Waals surface area contributed by atoms with Gasteiger partial charge in [-0.3, -0.25) is 4.79 Å². The van der Waals surface area contributed by atoms with Crippen LogP contribution in [0.2, 0.25) is 0 Å². The Hall–Kier alpha value is -1.29. The molecule has 1 aromatic rings. The second-order valence-electron chi connectivity index (χ2n) is 4.25. The lowest BCUT2D eigenvalue weighted by Gasteiger charge is -2.21. The van der Waals surface area contributed by atoms with Gasteiger partial charge in [0.05, 0.1) is 18.8 Å². The van der Waals surface area contributed by atoms with Crippen molar-refractivity contribution >= 4 is 5.97 Å². The van der Waals surface area contributed by atoms with E-state index in [-0.39, 0.29) is 12.1 Å². The number of rotatable bonds is 5. The first-order valence-corrected chi connectivity index (χ1v) is 6.14. The molecule has 1 aliphatic heterocycles. The SMILES string of the molecule is O=C(CCc1ccco1)OCC1CCCCO1. The number of hydrogen-bond donors (Lipinski definition) is 0. The maximum Gasteiger partial charge on any atom is 0.306 e. The Morgan fingerprint density at radius 3 is 3.12 bits per heavy atom. The quantitative estimate of drug-likeness (QED) is 0.739. The lowest BCUT2D eigenvalue weighted by Crippen LogP contribution is -2.26. The van der Waals surface area contributed by atoms with Crippen molar-refractivity contribution in [2.24, 2.45) is 0 Å². The van der Waals surface area contributed by atoms with Gasteiger partial charge < -0.3 is 13.9 Å². The molecule has 1 atom stereocenters. The van der Waals surface area contributed by atoms with Crippen LogP contribution in [0.4, 0.5) is 0 Å². The van der Waals surface area contributed by atoms with Gasteiger partial charge in [0.1, 0.15) is 12.4 Å². The van der Waals surface area contributed by atoms with Crippen molar-refractivity contribution in [3.8, 4) is 0 Å². The van der Waals surface area contributed by atoms with Crippen LogP contribution < -0.4 is 0 Å². The minimum absolute atomic E-state index is 0.0938. The van der Waals surface area contributed by atoms with E-state index < -0.39 is 0 Å². The third-order valence-electron chi connectivity index (χ3n) is 2.86. The topological polar surface area (TPSA) is 48.7 Å². The predicted octanol–water partition coefficient (Wildman–Crippen LogP) is 2.32. The summed E-state index contributed by atoms with van der Waals surface area (Å²) in [5, 5.41) is 0. The zero-order valence-corrected chi connectivity index (χ0v) is 9.89. The number of furan rings is 1. The average molecular weight is 238 g/mol. The van der Waals surface area contributed by atoms with Crippen molar-refractivity contribution < 1.29 is 18.7 Å². The molecule has 4 heteroatoms. The van der Waals surface area contributed by atoms with Crippen LogP contribution in [0, 0.1) is 0 Å². The second-order valence-corrected chi connectivity index (χ2v) is 4.25. The molecule has 0 saturated carbocycles. The Kier molecular flexibility index (Phi) is 4.62. The Bertz CT molecular complexity index is 325. The zero-order valence-electron chi connectivity index (χ0n) is 9.89. The van der Waals surface area contributed by atoms with Crippen LogP contribution in [0.25, 0.3) is 0 Å². The molecule has 0 spiro atoms. The molecular weight excluding hydrogens is 220 g/mol. The van der Waals surface area contributed by atoms with E-state index in [0.717, 1.165) is 31.6 Å². The number of carbonyl (C=O) groups is 1. The molecule has 1 saturated heterocycles. The Labute approximate surface area is 101 Å². The van der Waals surface area contributed by atoms with Gasteiger partial charge in [0, 0.05) is 13.0 Å². The summed E-state index contributed by atoms with van der Waals surface area (Å²) in [5.41, 5.74) is 0. The molecule has 0 amide bonds. The van der Waals surface area contributed by atoms with E-state index in [1.54, 1.807) is 6.26 Å². The van der Waals surface area contributed by atoms with Crippen molar-refractivity contribution in [3.63, 3.8) is 0 Å². The van der Waals surface area contributed by atoms with Crippen molar-refractivity contribution in [3.05, 3.63) is 24.2 Å². The fourth-order valence-electron chi connectivity index (χ4n) is 1.88. The molecule has 1 unspecified atom stereocenters. The van der Waals surface area contributed by atoms with Gasteiger partial charge in [0.2, 0.25) is 0 Å². The summed E-state index contributed by atoms with van der Waals surface area (Å²) in [6.07, 6.45) is 5.92. The third-order valence-corrected chi connectivity index (χ3v) is 2.86. The zero-order chi connectivity index (χ0) is 11.9. The van der Waals surface area contributed by atoms with E-state index in [4.69, 9.17) is 13.9 Å². The van der Waals surface area contributed by atoms with Crippen molar-refractivity contribution in [2.75, 3.05) is 13.2 Å². The van der Waals surface area contributed by atoms with E-state index >= 15 is 0 Å². The highest BCUT2D eigenvalue weighted by atomic mass is 16.6. The van der Waals surface area contributed by atoms with Crippen molar-refractivity contribution in [1.29, 1.82) is 0 Å². The van der Waals surface area contributed by atoms with E-state index in [1.165, 1.54) is 0 Å². The fourth-order valence-corrected chi connectivity index (χ4v) is 1.88. The van der Waals surface area contributed by atoms with Crippen molar-refractivity contribution in [1.82, 2.24) is 0 Å². The van der Waals surface area contributed by atoms with E-state index in [0.29, 0.717) is 19.4 Å². The molecule has 0 N–H and O–H groups in total. The van der Waals surface area contributed by atoms with Crippen LogP contribution in [0.5, 0.6) is 0 Å². The minimum atomic E-state index is -0.185. The molecule has 1 fully saturated rings. The molecule has 0 aliphatic carbocycles. The Morgan fingerprint density at radius 2 is 2.41 bits per heavy atom. The van der Waals surface area contributed by atoms with Crippen LogP contribution in [0.3, 0.4) is 0 Å². The summed E-state index contributed by atoms with van der Waals surface area (Å²) in [4.78, 5) is 11.5. The summed E-state index contributed by atoms with van der Waals surface area (Å²) in [5.74, 6) is 0.631. The van der Waals surface area contributed by atoms with Gasteiger partial charge in [-0.15, -0.1) is 0 Å². The summed E-state index contributed by atoms with van der Waals surface area (Å²) in [7, 11) is 0. The number of ether oxygens (including phenoxy) is 2. The summed E-state index contributed by atoms with van der Waals surface area (Å²) in [6.45, 7) is 1.17. The van der Waals surface area contributed by atoms with Gasteiger partial charge in [-0.2, -0.15) is 0 Å². The molecule has 1 aromatic heterocycles. The van der Waals surface area contributed by atoms with Gasteiger partial charge >= 0.3 is 5.97 Å². The van der Waals surface area contributed by atoms with Crippen LogP contribution in [0.15, 0.2) is 22.8 Å². The number of esters is 1. The first kappa shape index (κ1) is 12.2. The summed E-state index contributed by atoms with van der Waals surface area (Å²) < 4.78 is 15.8. The van der Waals surface area contributed by atoms with Gasteiger partial charge in [-0.05, 0) is 31.4 Å². The van der Waals surface area contributed by atoms with Crippen LogP contribution in [0.1, 0.15) is 31.4 Å². The Morgan fingerprint density at radius 1 is 1.47 bits per heavy atom. The second kappa shape index (κ2) is 6.45. The molecule has 0 radical (unpaired) electrons. The number of aryl methyl sites for hydroxylation is 1. The molecule has 17 heavy (non-hydrogen) atoms. The minimum Gasteiger partial charge on any atom is -0.469 e. The molecule has 0 aromatic carbocycles.